The normalized spacial score (nSPS) is 17.2. The minimum atomic E-state index is -0.446. The van der Waals surface area contributed by atoms with E-state index in [9.17, 15) is 14.5 Å². The Hall–Kier alpha value is -2.76. The number of rotatable bonds is 3. The fourth-order valence-electron chi connectivity index (χ4n) is 2.18. The Bertz CT molecular complexity index is 696. The summed E-state index contributed by atoms with van der Waals surface area (Å²) < 4.78 is 12.9. The third-order valence-electron chi connectivity index (χ3n) is 3.32. The second-order valence-electron chi connectivity index (χ2n) is 4.69. The fourth-order valence-corrected chi connectivity index (χ4v) is 2.18. The average Bonchev–Trinajstić information content (AvgIpc) is 2.98. The summed E-state index contributed by atoms with van der Waals surface area (Å²) in [6.45, 7) is 0. The second kappa shape index (κ2) is 5.32. The van der Waals surface area contributed by atoms with E-state index in [0.717, 1.165) is 16.8 Å². The van der Waals surface area contributed by atoms with E-state index in [-0.39, 0.29) is 17.6 Å². The summed E-state index contributed by atoms with van der Waals surface area (Å²) in [6.07, 6.45) is 0.291. The highest BCUT2D eigenvalue weighted by Crippen LogP contribution is 2.29. The van der Waals surface area contributed by atoms with Crippen molar-refractivity contribution >= 4 is 11.4 Å². The van der Waals surface area contributed by atoms with E-state index in [2.05, 4.69) is 5.16 Å². The first-order valence-corrected chi connectivity index (χ1v) is 6.36. The molecule has 1 aliphatic rings. The van der Waals surface area contributed by atoms with Crippen LogP contribution in [0.4, 0.5) is 10.1 Å². The predicted molar refractivity (Wildman–Crippen MR) is 74.5 cm³/mol. The summed E-state index contributed by atoms with van der Waals surface area (Å²) >= 11 is 0. The van der Waals surface area contributed by atoms with E-state index >= 15 is 0 Å². The Balaban J connectivity index is 1.74. The summed E-state index contributed by atoms with van der Waals surface area (Å²) in [7, 11) is 0. The first kappa shape index (κ1) is 13.2. The van der Waals surface area contributed by atoms with Crippen LogP contribution in [0.25, 0.3) is 0 Å². The molecule has 6 heteroatoms. The van der Waals surface area contributed by atoms with Gasteiger partial charge >= 0.3 is 0 Å². The van der Waals surface area contributed by atoms with Crippen molar-refractivity contribution < 1.29 is 14.2 Å². The smallest absolute Gasteiger partial charge is 0.269 e. The van der Waals surface area contributed by atoms with Gasteiger partial charge in [0.15, 0.2) is 6.10 Å². The molecule has 1 heterocycles. The quantitative estimate of drug-likeness (QED) is 0.639. The summed E-state index contributed by atoms with van der Waals surface area (Å²) in [6, 6.07) is 12.2. The van der Waals surface area contributed by atoms with Gasteiger partial charge in [0.25, 0.3) is 5.69 Å². The van der Waals surface area contributed by atoms with E-state index in [0.29, 0.717) is 6.42 Å². The molecule has 0 fully saturated rings. The van der Waals surface area contributed by atoms with Crippen molar-refractivity contribution in [3.63, 3.8) is 0 Å². The van der Waals surface area contributed by atoms with Gasteiger partial charge in [-0.05, 0) is 35.4 Å². The molecule has 3 rings (SSSR count). The highest BCUT2D eigenvalue weighted by Gasteiger charge is 2.24. The van der Waals surface area contributed by atoms with Crippen LogP contribution in [0, 0.1) is 15.9 Å². The number of oxime groups is 1. The van der Waals surface area contributed by atoms with Crippen molar-refractivity contribution in [3.8, 4) is 0 Å². The van der Waals surface area contributed by atoms with Crippen LogP contribution in [0.2, 0.25) is 0 Å². The highest BCUT2D eigenvalue weighted by molar-refractivity contribution is 6.01. The van der Waals surface area contributed by atoms with E-state index in [4.69, 9.17) is 4.84 Å². The van der Waals surface area contributed by atoms with E-state index in [1.54, 1.807) is 24.3 Å². The topological polar surface area (TPSA) is 64.7 Å². The second-order valence-corrected chi connectivity index (χ2v) is 4.69. The van der Waals surface area contributed by atoms with Crippen molar-refractivity contribution in [1.82, 2.24) is 0 Å². The first-order valence-electron chi connectivity index (χ1n) is 6.36. The number of nitrogens with zero attached hydrogens (tertiary/aromatic N) is 2. The average molecular weight is 286 g/mol. The Morgan fingerprint density at radius 3 is 2.43 bits per heavy atom. The third kappa shape index (κ3) is 2.74. The summed E-state index contributed by atoms with van der Waals surface area (Å²) in [5.74, 6) is -0.298. The number of hydrogen-bond acceptors (Lipinski definition) is 4. The lowest BCUT2D eigenvalue weighted by Crippen LogP contribution is -2.01. The van der Waals surface area contributed by atoms with Crippen molar-refractivity contribution in [2.24, 2.45) is 5.16 Å². The maximum Gasteiger partial charge on any atom is 0.269 e. The zero-order valence-corrected chi connectivity index (χ0v) is 10.9. The molecule has 0 amide bonds. The standard InChI is InChI=1S/C15H11FN2O3/c16-12-5-1-11(2-6-12)15-9-14(17-21-15)10-3-7-13(8-4-10)18(19)20/h1-8,15H,9H2. The zero-order valence-electron chi connectivity index (χ0n) is 10.9. The number of non-ortho nitro benzene ring substituents is 1. The molecule has 1 unspecified atom stereocenters. The SMILES string of the molecule is O=[N+]([O-])c1ccc(C2=NOC(c3ccc(F)cc3)C2)cc1. The number of hydrogen-bond donors (Lipinski definition) is 0. The molecule has 106 valence electrons. The minimum absolute atomic E-state index is 0.0355. The maximum absolute atomic E-state index is 12.9. The van der Waals surface area contributed by atoms with Crippen LogP contribution >= 0.6 is 0 Å². The first-order chi connectivity index (χ1) is 10.1. The zero-order chi connectivity index (χ0) is 14.8. The molecule has 1 aliphatic heterocycles. The van der Waals surface area contributed by atoms with Crippen molar-refractivity contribution in [3.05, 3.63) is 75.6 Å². The maximum atomic E-state index is 12.9. The van der Waals surface area contributed by atoms with E-state index in [1.165, 1.54) is 24.3 Å². The van der Waals surface area contributed by atoms with Crippen LogP contribution in [0.15, 0.2) is 53.7 Å². The number of benzene rings is 2. The monoisotopic (exact) mass is 286 g/mol. The Morgan fingerprint density at radius 2 is 1.81 bits per heavy atom. The molecule has 0 radical (unpaired) electrons. The molecule has 0 saturated heterocycles. The molecule has 0 bridgehead atoms. The van der Waals surface area contributed by atoms with Gasteiger partial charge in [0.1, 0.15) is 5.82 Å². The van der Waals surface area contributed by atoms with Gasteiger partial charge in [0.2, 0.25) is 0 Å². The number of nitro benzene ring substituents is 1. The minimum Gasteiger partial charge on any atom is -0.387 e. The largest absolute Gasteiger partial charge is 0.387 e. The van der Waals surface area contributed by atoms with Gasteiger partial charge in [-0.3, -0.25) is 10.1 Å². The van der Waals surface area contributed by atoms with Crippen LogP contribution in [0.3, 0.4) is 0 Å². The molecule has 1 atom stereocenters. The lowest BCUT2D eigenvalue weighted by atomic mass is 10.0. The predicted octanol–water partition coefficient (Wildman–Crippen LogP) is 3.60. The molecule has 0 N–H and O–H groups in total. The fraction of sp³-hybridized carbons (Fsp3) is 0.133. The van der Waals surface area contributed by atoms with Crippen LogP contribution in [-0.2, 0) is 4.84 Å². The van der Waals surface area contributed by atoms with Crippen LogP contribution in [0.1, 0.15) is 23.7 Å². The highest BCUT2D eigenvalue weighted by atomic mass is 19.1. The molecule has 0 saturated carbocycles. The van der Waals surface area contributed by atoms with Gasteiger partial charge in [-0.25, -0.2) is 4.39 Å². The van der Waals surface area contributed by atoms with Gasteiger partial charge in [0.05, 0.1) is 10.6 Å². The van der Waals surface area contributed by atoms with Gasteiger partial charge in [0, 0.05) is 18.6 Å². The van der Waals surface area contributed by atoms with E-state index in [1.807, 2.05) is 0 Å². The molecule has 21 heavy (non-hydrogen) atoms. The van der Waals surface area contributed by atoms with Gasteiger partial charge < -0.3 is 4.84 Å². The van der Waals surface area contributed by atoms with Crippen LogP contribution in [-0.4, -0.2) is 10.6 Å². The summed E-state index contributed by atoms with van der Waals surface area (Å²) in [5.41, 5.74) is 2.38. The molecule has 2 aromatic carbocycles. The third-order valence-corrected chi connectivity index (χ3v) is 3.32. The van der Waals surface area contributed by atoms with Gasteiger partial charge in [-0.2, -0.15) is 0 Å². The van der Waals surface area contributed by atoms with Crippen molar-refractivity contribution in [2.45, 2.75) is 12.5 Å². The van der Waals surface area contributed by atoms with E-state index < -0.39 is 4.92 Å². The van der Waals surface area contributed by atoms with Crippen molar-refractivity contribution in [2.75, 3.05) is 0 Å². The van der Waals surface area contributed by atoms with Crippen LogP contribution in [0.5, 0.6) is 0 Å². The summed E-state index contributed by atoms with van der Waals surface area (Å²) in [5, 5.41) is 14.6. The number of nitro groups is 1. The van der Waals surface area contributed by atoms with Gasteiger partial charge in [-0.1, -0.05) is 17.3 Å². The Morgan fingerprint density at radius 1 is 1.14 bits per heavy atom. The summed E-state index contributed by atoms with van der Waals surface area (Å²) in [4.78, 5) is 15.5. The lowest BCUT2D eigenvalue weighted by Gasteiger charge is -2.07. The molecule has 0 spiro atoms. The molecule has 0 aliphatic carbocycles. The number of halogens is 1. The van der Waals surface area contributed by atoms with Gasteiger partial charge in [-0.15, -0.1) is 0 Å². The molecule has 5 nitrogen and oxygen atoms in total. The lowest BCUT2D eigenvalue weighted by molar-refractivity contribution is -0.384. The van der Waals surface area contributed by atoms with Crippen molar-refractivity contribution in [1.29, 1.82) is 0 Å². The van der Waals surface area contributed by atoms with Crippen LogP contribution < -0.4 is 0 Å². The molecule has 0 aromatic heterocycles. The molecular weight excluding hydrogens is 275 g/mol. The Labute approximate surface area is 119 Å². The molecule has 2 aromatic rings. The molecular formula is C15H11FN2O3. The Kier molecular flexibility index (Phi) is 3.35.